The summed E-state index contributed by atoms with van der Waals surface area (Å²) in [6.07, 6.45) is 3.80. The second-order valence-electron chi connectivity index (χ2n) is 5.80. The second kappa shape index (κ2) is 7.57. The van der Waals surface area contributed by atoms with Gasteiger partial charge in [-0.2, -0.15) is 5.10 Å². The number of aromatic nitrogens is 2. The first-order chi connectivity index (χ1) is 12.1. The van der Waals surface area contributed by atoms with Crippen molar-refractivity contribution in [2.45, 2.75) is 6.42 Å². The molecule has 1 saturated heterocycles. The third kappa shape index (κ3) is 3.93. The van der Waals surface area contributed by atoms with Gasteiger partial charge in [0.1, 0.15) is 5.75 Å². The molecule has 0 spiro atoms. The molecule has 0 atom stereocenters. The molecule has 1 aliphatic heterocycles. The number of amides is 2. The van der Waals surface area contributed by atoms with Crippen LogP contribution in [-0.4, -0.2) is 65.1 Å². The summed E-state index contributed by atoms with van der Waals surface area (Å²) in [5, 5.41) is 6.90. The molecule has 8 heteroatoms. The predicted molar refractivity (Wildman–Crippen MR) is 93.0 cm³/mol. The van der Waals surface area contributed by atoms with Crippen molar-refractivity contribution >= 4 is 23.4 Å². The van der Waals surface area contributed by atoms with Crippen LogP contribution in [0.4, 0.5) is 0 Å². The lowest BCUT2D eigenvalue weighted by molar-refractivity contribution is 0.0718. The Hall–Kier alpha value is -2.54. The molecule has 0 bridgehead atoms. The Labute approximate surface area is 150 Å². The normalized spacial score (nSPS) is 15.0. The van der Waals surface area contributed by atoms with Gasteiger partial charge in [0.05, 0.1) is 18.9 Å². The van der Waals surface area contributed by atoms with Gasteiger partial charge in [0, 0.05) is 43.0 Å². The SMILES string of the molecule is COc1cc(Cl)cc(C(=O)N2CCCN(C(=O)c3cn[nH]c3)CC2)c1. The van der Waals surface area contributed by atoms with Crippen LogP contribution >= 0.6 is 11.6 Å². The highest BCUT2D eigenvalue weighted by molar-refractivity contribution is 6.31. The molecule has 7 nitrogen and oxygen atoms in total. The topological polar surface area (TPSA) is 78.5 Å². The summed E-state index contributed by atoms with van der Waals surface area (Å²) in [5.41, 5.74) is 1.01. The van der Waals surface area contributed by atoms with Crippen molar-refractivity contribution in [3.63, 3.8) is 0 Å². The standard InChI is InChI=1S/C17H19ClN4O3/c1-25-15-8-12(7-14(18)9-15)16(23)21-3-2-4-22(6-5-21)17(24)13-10-19-20-11-13/h7-11H,2-6H2,1H3,(H,19,20). The molecule has 0 saturated carbocycles. The highest BCUT2D eigenvalue weighted by atomic mass is 35.5. The largest absolute Gasteiger partial charge is 0.497 e. The van der Waals surface area contributed by atoms with Gasteiger partial charge in [-0.1, -0.05) is 11.6 Å². The minimum atomic E-state index is -0.113. The monoisotopic (exact) mass is 362 g/mol. The molecule has 25 heavy (non-hydrogen) atoms. The first kappa shape index (κ1) is 17.3. The van der Waals surface area contributed by atoms with Crippen LogP contribution in [0.15, 0.2) is 30.6 Å². The molecule has 2 heterocycles. The van der Waals surface area contributed by atoms with Gasteiger partial charge in [-0.15, -0.1) is 0 Å². The first-order valence-corrected chi connectivity index (χ1v) is 8.38. The van der Waals surface area contributed by atoms with Crippen molar-refractivity contribution < 1.29 is 14.3 Å². The summed E-state index contributed by atoms with van der Waals surface area (Å²) < 4.78 is 5.17. The van der Waals surface area contributed by atoms with Gasteiger partial charge in [0.2, 0.25) is 0 Å². The Kier molecular flexibility index (Phi) is 5.23. The summed E-state index contributed by atoms with van der Waals surface area (Å²) in [6, 6.07) is 4.96. The van der Waals surface area contributed by atoms with Crippen LogP contribution in [0.1, 0.15) is 27.1 Å². The minimum absolute atomic E-state index is 0.0764. The number of nitrogens with one attached hydrogen (secondary N) is 1. The van der Waals surface area contributed by atoms with Gasteiger partial charge in [0.15, 0.2) is 0 Å². The molecule has 0 unspecified atom stereocenters. The van der Waals surface area contributed by atoms with Crippen LogP contribution in [0.25, 0.3) is 0 Å². The van der Waals surface area contributed by atoms with E-state index in [-0.39, 0.29) is 11.8 Å². The summed E-state index contributed by atoms with van der Waals surface area (Å²) in [6.45, 7) is 2.14. The van der Waals surface area contributed by atoms with Crippen LogP contribution in [0.2, 0.25) is 5.02 Å². The lowest BCUT2D eigenvalue weighted by Crippen LogP contribution is -2.37. The van der Waals surface area contributed by atoms with Crippen molar-refractivity contribution in [3.8, 4) is 5.75 Å². The molecule has 1 N–H and O–H groups in total. The van der Waals surface area contributed by atoms with E-state index in [1.165, 1.54) is 13.3 Å². The van der Waals surface area contributed by atoms with Crippen molar-refractivity contribution in [2.24, 2.45) is 0 Å². The lowest BCUT2D eigenvalue weighted by atomic mass is 10.2. The molecule has 1 fully saturated rings. The number of carbonyl (C=O) groups excluding carboxylic acids is 2. The summed E-state index contributed by atoms with van der Waals surface area (Å²) in [7, 11) is 1.53. The number of methoxy groups -OCH3 is 1. The molecule has 1 aliphatic rings. The number of hydrogen-bond donors (Lipinski definition) is 1. The van der Waals surface area contributed by atoms with E-state index in [0.717, 1.165) is 0 Å². The highest BCUT2D eigenvalue weighted by Gasteiger charge is 2.24. The Bertz CT molecular complexity index is 763. The maximum absolute atomic E-state index is 12.8. The first-order valence-electron chi connectivity index (χ1n) is 8.00. The zero-order valence-corrected chi connectivity index (χ0v) is 14.6. The summed E-state index contributed by atoms with van der Waals surface area (Å²) >= 11 is 6.05. The molecular weight excluding hydrogens is 344 g/mol. The molecule has 2 amide bonds. The summed E-state index contributed by atoms with van der Waals surface area (Å²) in [5.74, 6) is 0.355. The fourth-order valence-electron chi connectivity index (χ4n) is 2.86. The quantitative estimate of drug-likeness (QED) is 0.906. The van der Waals surface area contributed by atoms with Gasteiger partial charge in [-0.3, -0.25) is 14.7 Å². The van der Waals surface area contributed by atoms with Crippen molar-refractivity contribution in [1.29, 1.82) is 0 Å². The number of halogens is 1. The summed E-state index contributed by atoms with van der Waals surface area (Å²) in [4.78, 5) is 28.7. The Morgan fingerprint density at radius 2 is 1.76 bits per heavy atom. The van der Waals surface area contributed by atoms with E-state index >= 15 is 0 Å². The average Bonchev–Trinajstić information content (AvgIpc) is 3.04. The third-order valence-corrected chi connectivity index (χ3v) is 4.39. The molecule has 3 rings (SSSR count). The number of carbonyl (C=O) groups is 2. The molecule has 0 aliphatic carbocycles. The smallest absolute Gasteiger partial charge is 0.257 e. The van der Waals surface area contributed by atoms with Crippen LogP contribution in [0.3, 0.4) is 0 Å². The van der Waals surface area contributed by atoms with E-state index < -0.39 is 0 Å². The van der Waals surface area contributed by atoms with E-state index in [0.29, 0.717) is 54.5 Å². The van der Waals surface area contributed by atoms with Gasteiger partial charge in [-0.05, 0) is 24.6 Å². The average molecular weight is 363 g/mol. The van der Waals surface area contributed by atoms with E-state index in [1.807, 2.05) is 0 Å². The number of ether oxygens (including phenoxy) is 1. The third-order valence-electron chi connectivity index (χ3n) is 4.17. The predicted octanol–water partition coefficient (Wildman–Crippen LogP) is 2.06. The van der Waals surface area contributed by atoms with Crippen LogP contribution in [-0.2, 0) is 0 Å². The van der Waals surface area contributed by atoms with Crippen LogP contribution in [0.5, 0.6) is 5.75 Å². The van der Waals surface area contributed by atoms with E-state index in [2.05, 4.69) is 10.2 Å². The zero-order chi connectivity index (χ0) is 17.8. The maximum Gasteiger partial charge on any atom is 0.257 e. The Balaban J connectivity index is 1.69. The number of nitrogens with zero attached hydrogens (tertiary/aromatic N) is 3. The Morgan fingerprint density at radius 3 is 2.36 bits per heavy atom. The van der Waals surface area contributed by atoms with Gasteiger partial charge < -0.3 is 14.5 Å². The fraction of sp³-hybridized carbons (Fsp3) is 0.353. The number of hydrogen-bond acceptors (Lipinski definition) is 4. The highest BCUT2D eigenvalue weighted by Crippen LogP contribution is 2.22. The molecular formula is C17H19ClN4O3. The lowest BCUT2D eigenvalue weighted by Gasteiger charge is -2.22. The second-order valence-corrected chi connectivity index (χ2v) is 6.24. The van der Waals surface area contributed by atoms with Gasteiger partial charge in [-0.25, -0.2) is 0 Å². The van der Waals surface area contributed by atoms with E-state index in [9.17, 15) is 9.59 Å². The number of aromatic amines is 1. The van der Waals surface area contributed by atoms with Crippen LogP contribution in [0, 0.1) is 0 Å². The molecule has 2 aromatic rings. The molecule has 132 valence electrons. The Morgan fingerprint density at radius 1 is 1.08 bits per heavy atom. The molecule has 0 radical (unpaired) electrons. The molecule has 1 aromatic heterocycles. The molecule has 1 aromatic carbocycles. The van der Waals surface area contributed by atoms with Crippen molar-refractivity contribution in [3.05, 3.63) is 46.7 Å². The van der Waals surface area contributed by atoms with Crippen molar-refractivity contribution in [1.82, 2.24) is 20.0 Å². The number of benzene rings is 1. The van der Waals surface area contributed by atoms with Gasteiger partial charge >= 0.3 is 0 Å². The number of rotatable bonds is 3. The van der Waals surface area contributed by atoms with Crippen molar-refractivity contribution in [2.75, 3.05) is 33.3 Å². The number of H-pyrrole nitrogens is 1. The van der Waals surface area contributed by atoms with Crippen LogP contribution < -0.4 is 4.74 Å². The van der Waals surface area contributed by atoms with Gasteiger partial charge in [0.25, 0.3) is 11.8 Å². The van der Waals surface area contributed by atoms with E-state index in [1.54, 1.807) is 34.2 Å². The fourth-order valence-corrected chi connectivity index (χ4v) is 3.09. The zero-order valence-electron chi connectivity index (χ0n) is 13.9. The maximum atomic E-state index is 12.8. The minimum Gasteiger partial charge on any atom is -0.497 e. The van der Waals surface area contributed by atoms with E-state index in [4.69, 9.17) is 16.3 Å².